The molecule has 1 aromatic rings. The number of para-hydroxylation sites is 2. The molecule has 0 fully saturated rings. The summed E-state index contributed by atoms with van der Waals surface area (Å²) in [5, 5.41) is 14.4. The number of esters is 1. The van der Waals surface area contributed by atoms with Gasteiger partial charge in [0.2, 0.25) is 0 Å². The first-order chi connectivity index (χ1) is 9.04. The number of hydrogen-bond acceptors (Lipinski definition) is 6. The van der Waals surface area contributed by atoms with Crippen LogP contribution in [-0.4, -0.2) is 23.3 Å². The van der Waals surface area contributed by atoms with Crippen LogP contribution < -0.4 is 11.2 Å². The second kappa shape index (κ2) is 6.94. The summed E-state index contributed by atoms with van der Waals surface area (Å²) in [5.41, 5.74) is 8.02. The third-order valence-electron chi connectivity index (χ3n) is 2.05. The van der Waals surface area contributed by atoms with Gasteiger partial charge in [-0.2, -0.15) is 5.10 Å². The lowest BCUT2D eigenvalue weighted by atomic mass is 10.3. The molecule has 0 aliphatic rings. The Morgan fingerprint density at radius 3 is 2.84 bits per heavy atom. The highest BCUT2D eigenvalue weighted by Gasteiger charge is 2.12. The number of ether oxygens (including phenoxy) is 1. The highest BCUT2D eigenvalue weighted by molar-refractivity contribution is 5.97. The summed E-state index contributed by atoms with van der Waals surface area (Å²) in [6.07, 6.45) is -0.179. The molecule has 0 aliphatic heterocycles. The van der Waals surface area contributed by atoms with Crippen LogP contribution in [0, 0.1) is 10.1 Å². The molecular weight excluding hydrogens is 252 g/mol. The first kappa shape index (κ1) is 14.4. The van der Waals surface area contributed by atoms with Gasteiger partial charge >= 0.3 is 5.97 Å². The maximum atomic E-state index is 11.1. The summed E-state index contributed by atoms with van der Waals surface area (Å²) in [4.78, 5) is 21.3. The van der Waals surface area contributed by atoms with E-state index in [2.05, 4.69) is 10.5 Å². The molecule has 0 saturated heterocycles. The van der Waals surface area contributed by atoms with E-state index in [1.165, 1.54) is 18.2 Å². The maximum Gasteiger partial charge on any atom is 0.313 e. The fraction of sp³-hybridized carbons (Fsp3) is 0.273. The lowest BCUT2D eigenvalue weighted by Gasteiger charge is -2.04. The van der Waals surface area contributed by atoms with Crippen LogP contribution in [0.4, 0.5) is 11.4 Å². The van der Waals surface area contributed by atoms with E-state index < -0.39 is 10.9 Å². The van der Waals surface area contributed by atoms with Crippen molar-refractivity contribution in [2.75, 3.05) is 12.0 Å². The first-order valence-corrected chi connectivity index (χ1v) is 5.51. The Bertz CT molecular complexity index is 501. The third-order valence-corrected chi connectivity index (χ3v) is 2.05. The van der Waals surface area contributed by atoms with Gasteiger partial charge in [-0.25, -0.2) is 0 Å². The van der Waals surface area contributed by atoms with E-state index in [1.807, 2.05) is 0 Å². The van der Waals surface area contributed by atoms with Crippen LogP contribution in [-0.2, 0) is 9.53 Å². The molecule has 19 heavy (non-hydrogen) atoms. The van der Waals surface area contributed by atoms with Gasteiger partial charge in [-0.15, -0.1) is 0 Å². The Labute approximate surface area is 109 Å². The average Bonchev–Trinajstić information content (AvgIpc) is 2.36. The molecule has 1 rings (SSSR count). The highest BCUT2D eigenvalue weighted by atomic mass is 16.6. The Kier molecular flexibility index (Phi) is 5.27. The fourth-order valence-electron chi connectivity index (χ4n) is 1.26. The Morgan fingerprint density at radius 2 is 2.21 bits per heavy atom. The Morgan fingerprint density at radius 1 is 1.53 bits per heavy atom. The number of hydrogen-bond donors (Lipinski definition) is 2. The molecule has 102 valence electrons. The zero-order chi connectivity index (χ0) is 14.3. The van der Waals surface area contributed by atoms with Crippen molar-refractivity contribution in [2.24, 2.45) is 10.8 Å². The van der Waals surface area contributed by atoms with Crippen molar-refractivity contribution in [1.82, 2.24) is 0 Å². The van der Waals surface area contributed by atoms with Crippen molar-refractivity contribution in [2.45, 2.75) is 13.3 Å². The van der Waals surface area contributed by atoms with Gasteiger partial charge in [-0.3, -0.25) is 20.3 Å². The Balaban J connectivity index is 2.70. The molecule has 3 N–H and O–H groups in total. The minimum atomic E-state index is -0.542. The molecule has 0 saturated carbocycles. The van der Waals surface area contributed by atoms with Crippen molar-refractivity contribution >= 4 is 23.2 Å². The standard InChI is InChI=1S/C11H14N4O4/c1-2-19-11(16)7-10(12)14-13-8-5-3-4-6-9(8)15(17)18/h3-6,13H,2,7H2,1H3,(H2,12,14). The largest absolute Gasteiger partial charge is 0.466 e. The molecule has 1 aromatic carbocycles. The van der Waals surface area contributed by atoms with Gasteiger partial charge in [-0.05, 0) is 13.0 Å². The van der Waals surface area contributed by atoms with Crippen molar-refractivity contribution in [3.8, 4) is 0 Å². The molecule has 0 aliphatic carbocycles. The minimum Gasteiger partial charge on any atom is -0.466 e. The molecule has 0 radical (unpaired) electrons. The maximum absolute atomic E-state index is 11.1. The quantitative estimate of drug-likeness (QED) is 0.263. The predicted octanol–water partition coefficient (Wildman–Crippen LogP) is 1.23. The van der Waals surface area contributed by atoms with Crippen molar-refractivity contribution < 1.29 is 14.5 Å². The number of benzene rings is 1. The molecule has 0 spiro atoms. The molecular formula is C11H14N4O4. The number of amidine groups is 1. The van der Waals surface area contributed by atoms with Crippen molar-refractivity contribution in [3.63, 3.8) is 0 Å². The first-order valence-electron chi connectivity index (χ1n) is 5.51. The second-order valence-corrected chi connectivity index (χ2v) is 3.47. The van der Waals surface area contributed by atoms with Gasteiger partial charge in [0.15, 0.2) is 0 Å². The fourth-order valence-corrected chi connectivity index (χ4v) is 1.26. The molecule has 0 aromatic heterocycles. The van der Waals surface area contributed by atoms with Crippen molar-refractivity contribution in [3.05, 3.63) is 34.4 Å². The van der Waals surface area contributed by atoms with E-state index in [0.717, 1.165) is 0 Å². The molecule has 0 amide bonds. The molecule has 0 heterocycles. The number of nitro groups is 1. The summed E-state index contributed by atoms with van der Waals surface area (Å²) in [6.45, 7) is 1.93. The number of rotatable bonds is 6. The molecule has 8 nitrogen and oxygen atoms in total. The van der Waals surface area contributed by atoms with E-state index in [9.17, 15) is 14.9 Å². The lowest BCUT2D eigenvalue weighted by Crippen LogP contribution is -2.20. The van der Waals surface area contributed by atoms with Gasteiger partial charge in [0.1, 0.15) is 17.9 Å². The summed E-state index contributed by atoms with van der Waals surface area (Å²) in [6, 6.07) is 5.97. The van der Waals surface area contributed by atoms with Crippen LogP contribution in [0.25, 0.3) is 0 Å². The van der Waals surface area contributed by atoms with Crippen LogP contribution in [0.1, 0.15) is 13.3 Å². The normalized spacial score (nSPS) is 10.9. The number of nitrogens with one attached hydrogen (secondary N) is 1. The lowest BCUT2D eigenvalue weighted by molar-refractivity contribution is -0.384. The van der Waals surface area contributed by atoms with E-state index in [1.54, 1.807) is 13.0 Å². The molecule has 8 heteroatoms. The SMILES string of the molecule is CCOC(=O)C/C(N)=N/Nc1ccccc1[N+](=O)[O-]. The van der Waals surface area contributed by atoms with Crippen LogP contribution >= 0.6 is 0 Å². The highest BCUT2D eigenvalue weighted by Crippen LogP contribution is 2.22. The van der Waals surface area contributed by atoms with E-state index >= 15 is 0 Å². The topological polar surface area (TPSA) is 120 Å². The molecule has 0 atom stereocenters. The number of anilines is 1. The smallest absolute Gasteiger partial charge is 0.313 e. The van der Waals surface area contributed by atoms with E-state index in [-0.39, 0.29) is 30.2 Å². The van der Waals surface area contributed by atoms with E-state index in [4.69, 9.17) is 10.5 Å². The number of carbonyl (C=O) groups is 1. The number of carbonyl (C=O) groups excluding carboxylic acids is 1. The molecule has 0 unspecified atom stereocenters. The number of nitro benzene ring substituents is 1. The number of nitrogens with two attached hydrogens (primary N) is 1. The monoisotopic (exact) mass is 266 g/mol. The van der Waals surface area contributed by atoms with Gasteiger partial charge in [-0.1, -0.05) is 12.1 Å². The summed E-state index contributed by atoms with van der Waals surface area (Å²) < 4.78 is 4.69. The van der Waals surface area contributed by atoms with Crippen LogP contribution in [0.5, 0.6) is 0 Å². The minimum absolute atomic E-state index is 0.0170. The van der Waals surface area contributed by atoms with Crippen LogP contribution in [0.15, 0.2) is 29.4 Å². The molecule has 0 bridgehead atoms. The second-order valence-electron chi connectivity index (χ2n) is 3.47. The van der Waals surface area contributed by atoms with Gasteiger partial charge in [0.25, 0.3) is 5.69 Å². The van der Waals surface area contributed by atoms with Crippen molar-refractivity contribution in [1.29, 1.82) is 0 Å². The summed E-state index contributed by atoms with van der Waals surface area (Å²) in [5.74, 6) is -0.523. The van der Waals surface area contributed by atoms with Gasteiger partial charge in [0, 0.05) is 6.07 Å². The van der Waals surface area contributed by atoms with Gasteiger partial charge < -0.3 is 10.5 Å². The predicted molar refractivity (Wildman–Crippen MR) is 69.6 cm³/mol. The number of hydrazone groups is 1. The van der Waals surface area contributed by atoms with Gasteiger partial charge in [0.05, 0.1) is 11.5 Å². The zero-order valence-electron chi connectivity index (χ0n) is 10.3. The summed E-state index contributed by atoms with van der Waals surface area (Å²) in [7, 11) is 0. The van der Waals surface area contributed by atoms with Crippen LogP contribution in [0.2, 0.25) is 0 Å². The zero-order valence-corrected chi connectivity index (χ0v) is 10.3. The number of nitrogens with zero attached hydrogens (tertiary/aromatic N) is 2. The van der Waals surface area contributed by atoms with Crippen LogP contribution in [0.3, 0.4) is 0 Å². The van der Waals surface area contributed by atoms with E-state index in [0.29, 0.717) is 0 Å². The average molecular weight is 266 g/mol. The summed E-state index contributed by atoms with van der Waals surface area (Å²) >= 11 is 0. The Hall–Kier alpha value is -2.64. The third kappa shape index (κ3) is 4.62.